The lowest BCUT2D eigenvalue weighted by atomic mass is 10.4. The number of halogens is 1. The summed E-state index contributed by atoms with van der Waals surface area (Å²) in [6, 6.07) is 3.98. The fourth-order valence-electron chi connectivity index (χ4n) is 0.193. The molecule has 0 aromatic heterocycles. The van der Waals surface area contributed by atoms with Crippen molar-refractivity contribution in [2.45, 2.75) is 19.3 Å². The van der Waals surface area contributed by atoms with Crippen LogP contribution in [-0.4, -0.2) is 12.2 Å². The van der Waals surface area contributed by atoms with Crippen molar-refractivity contribution in [3.05, 3.63) is 0 Å². The molecule has 4 heteroatoms. The molecule has 0 rings (SSSR count). The first kappa shape index (κ1) is 10.8. The maximum atomic E-state index is 7.97. The third-order valence-electron chi connectivity index (χ3n) is 0.639. The lowest BCUT2D eigenvalue weighted by Crippen LogP contribution is -1.68. The molecule has 62 valence electrons. The van der Waals surface area contributed by atoms with Gasteiger partial charge in [-0.15, -0.1) is 0 Å². The molecule has 0 N–H and O–H groups in total. The molecule has 0 fully saturated rings. The van der Waals surface area contributed by atoms with E-state index in [9.17, 15) is 0 Å². The van der Waals surface area contributed by atoms with Crippen LogP contribution in [0.1, 0.15) is 19.3 Å². The second-order valence-electron chi connectivity index (χ2n) is 1.56. The van der Waals surface area contributed by atoms with Crippen molar-refractivity contribution < 1.29 is 0 Å². The van der Waals surface area contributed by atoms with Gasteiger partial charge >= 0.3 is 0 Å². The van der Waals surface area contributed by atoms with Gasteiger partial charge in [-0.2, -0.15) is 23.1 Å². The molecule has 0 spiro atoms. The molecular weight excluding hydrogens is 224 g/mol. The van der Waals surface area contributed by atoms with Gasteiger partial charge in [-0.05, 0) is 12.2 Å². The van der Waals surface area contributed by atoms with E-state index in [2.05, 4.69) is 15.9 Å². The number of nitriles is 2. The summed E-state index contributed by atoms with van der Waals surface area (Å²) in [6.45, 7) is 0. The highest BCUT2D eigenvalue weighted by Crippen LogP contribution is 1.86. The minimum absolute atomic E-state index is 0.589. The smallest absolute Gasteiger partial charge is 0.102 e. The fraction of sp³-hybridized carbons (Fsp3) is 0.714. The van der Waals surface area contributed by atoms with Crippen LogP contribution in [0.15, 0.2) is 0 Å². The Morgan fingerprint density at radius 1 is 1.36 bits per heavy atom. The highest BCUT2D eigenvalue weighted by Gasteiger charge is 1.74. The first-order valence-electron chi connectivity index (χ1n) is 3.62. The van der Waals surface area contributed by atoms with Crippen LogP contribution < -0.4 is 0 Å². The van der Waals surface area contributed by atoms with E-state index in [1.54, 1.807) is 0 Å². The predicted molar refractivity (Wildman–Crippen MR) is 52.7 cm³/mol. The van der Waals surface area contributed by atoms with Crippen molar-refractivity contribution in [2.24, 2.45) is 0 Å². The molecule has 11 heavy (non-hydrogen) atoms. The minimum Gasteiger partial charge on any atom is -0.198 e. The molecule has 0 radical (unpaired) electrons. The molecule has 0 atom stereocenters. The molecule has 0 saturated carbocycles. The minimum atomic E-state index is 0.589. The van der Waals surface area contributed by atoms with Crippen LogP contribution in [0.25, 0.3) is 0 Å². The summed E-state index contributed by atoms with van der Waals surface area (Å²) < 4.78 is 6.59. The third kappa shape index (κ3) is 25.9. The monoisotopic (exact) mass is 236 g/mol. The Balaban J connectivity index is 0. The molecule has 0 heterocycles. The van der Waals surface area contributed by atoms with E-state index >= 15 is 0 Å². The average Bonchev–Trinajstić information content (AvgIpc) is 2.08. The maximum Gasteiger partial charge on any atom is 0.102 e. The molecule has 0 saturated heterocycles. The molecule has 0 aliphatic heterocycles. The molecule has 0 amide bonds. The lowest BCUT2D eigenvalue weighted by Gasteiger charge is -1.76. The first-order valence-corrected chi connectivity index (χ1v) is 4.91. The van der Waals surface area contributed by atoms with E-state index in [1.165, 1.54) is 0 Å². The van der Waals surface area contributed by atoms with Gasteiger partial charge in [0.25, 0.3) is 0 Å². The summed E-state index contributed by atoms with van der Waals surface area (Å²) in [5.74, 6) is 0.785. The van der Waals surface area contributed by atoms with Crippen LogP contribution in [0.4, 0.5) is 0 Å². The average molecular weight is 237 g/mol. The van der Waals surface area contributed by atoms with Gasteiger partial charge in [0.1, 0.15) is 1.12 Å². The van der Waals surface area contributed by atoms with Gasteiger partial charge in [-0.3, -0.25) is 0 Å². The number of hydrogen-bond acceptors (Lipinski definition) is 3. The van der Waals surface area contributed by atoms with Crippen LogP contribution in [0.3, 0.4) is 0 Å². The second kappa shape index (κ2) is 16.4. The summed E-state index contributed by atoms with van der Waals surface area (Å²) in [5, 5.41) is 16.6. The predicted octanol–water partition coefficient (Wildman–Crippen LogP) is 2.51. The van der Waals surface area contributed by atoms with Gasteiger partial charge in [0, 0.05) is 18.2 Å². The van der Waals surface area contributed by atoms with Gasteiger partial charge < -0.3 is 0 Å². The number of hydrogen-bond donors (Lipinski definition) is 1. The van der Waals surface area contributed by atoms with Gasteiger partial charge in [0.05, 0.1) is 12.1 Å². The second-order valence-corrected chi connectivity index (χ2v) is 2.76. The lowest BCUT2D eigenvalue weighted by molar-refractivity contribution is 0.985. The SMILES string of the molecule is N#CCCBr.[3H]SCCCC#N. The van der Waals surface area contributed by atoms with Crippen LogP contribution in [0.2, 0.25) is 0 Å². The zero-order chi connectivity index (χ0) is 9.66. The van der Waals surface area contributed by atoms with Crippen molar-refractivity contribution in [1.82, 2.24) is 0 Å². The normalized spacial score (nSPS) is 8.09. The summed E-state index contributed by atoms with van der Waals surface area (Å²) in [7, 11) is 0. The Morgan fingerprint density at radius 2 is 2.00 bits per heavy atom. The zero-order valence-electron chi connectivity index (χ0n) is 7.22. The maximum absolute atomic E-state index is 7.97. The molecule has 0 bridgehead atoms. The van der Waals surface area contributed by atoms with Crippen LogP contribution in [0.5, 0.6) is 0 Å². The molecule has 0 unspecified atom stereocenters. The van der Waals surface area contributed by atoms with Crippen LogP contribution in [0, 0.1) is 22.7 Å². The summed E-state index contributed by atoms with van der Waals surface area (Å²) in [5.41, 5.74) is 0. The van der Waals surface area contributed by atoms with Crippen molar-refractivity contribution in [3.63, 3.8) is 0 Å². The van der Waals surface area contributed by atoms with E-state index in [0.29, 0.717) is 12.8 Å². The first-order chi connectivity index (χ1) is 5.83. The van der Waals surface area contributed by atoms with Crippen molar-refractivity contribution in [1.29, 1.82) is 11.6 Å². The highest BCUT2D eigenvalue weighted by molar-refractivity contribution is 9.09. The Morgan fingerprint density at radius 3 is 2.27 bits per heavy atom. The van der Waals surface area contributed by atoms with E-state index in [-0.39, 0.29) is 0 Å². The number of rotatable bonds is 4. The fourth-order valence-corrected chi connectivity index (χ4v) is 0.515. The quantitative estimate of drug-likeness (QED) is 0.464. The Kier molecular flexibility index (Phi) is 16.1. The zero-order valence-corrected chi connectivity index (χ0v) is 8.62. The number of alkyl halides is 1. The van der Waals surface area contributed by atoms with Gasteiger partial charge in [-0.1, -0.05) is 15.9 Å². The van der Waals surface area contributed by atoms with E-state index < -0.39 is 0 Å². The van der Waals surface area contributed by atoms with Crippen molar-refractivity contribution >= 4 is 28.5 Å². The van der Waals surface area contributed by atoms with E-state index in [0.717, 1.165) is 30.0 Å². The largest absolute Gasteiger partial charge is 0.198 e. The van der Waals surface area contributed by atoms with E-state index in [1.807, 2.05) is 12.1 Å². The molecule has 0 aromatic carbocycles. The van der Waals surface area contributed by atoms with Crippen molar-refractivity contribution in [3.8, 4) is 12.1 Å². The topological polar surface area (TPSA) is 47.6 Å². The number of thiol groups is 1. The molecule has 0 aromatic rings. The summed E-state index contributed by atoms with van der Waals surface area (Å²) >= 11 is 4.13. The van der Waals surface area contributed by atoms with Crippen LogP contribution in [-0.2, 0) is 0 Å². The molecule has 0 aliphatic rings. The summed E-state index contributed by atoms with van der Waals surface area (Å²) in [6.07, 6.45) is 2.05. The summed E-state index contributed by atoms with van der Waals surface area (Å²) in [4.78, 5) is 0. The van der Waals surface area contributed by atoms with E-state index in [4.69, 9.17) is 11.6 Å². The van der Waals surface area contributed by atoms with Gasteiger partial charge in [0.2, 0.25) is 0 Å². The standard InChI is InChI=1S/C4H7NS.C3H4BrN/c5-3-1-2-4-6;4-2-1-3-5/h6H,1-2,4H2;1-2H2/i/hT. The van der Waals surface area contributed by atoms with Crippen molar-refractivity contribution in [2.75, 3.05) is 11.1 Å². The number of nitrogens with zero attached hydrogens (tertiary/aromatic N) is 2. The third-order valence-corrected chi connectivity index (χ3v) is 1.32. The highest BCUT2D eigenvalue weighted by atomic mass is 79.9. The molecule has 0 aliphatic carbocycles. The number of unbranched alkanes of at least 4 members (excludes halogenated alkanes) is 1. The Bertz CT molecular complexity index is 152. The molecular formula is C7H11BrN2S. The van der Waals surface area contributed by atoms with Gasteiger partial charge in [-0.25, -0.2) is 0 Å². The Hall–Kier alpha value is -0.190. The van der Waals surface area contributed by atoms with Gasteiger partial charge in [0.15, 0.2) is 0 Å². The Labute approximate surface area is 82.8 Å². The van der Waals surface area contributed by atoms with Crippen LogP contribution >= 0.6 is 28.5 Å². The molecule has 2 nitrogen and oxygen atoms in total.